The van der Waals surface area contributed by atoms with Gasteiger partial charge in [-0.05, 0) is 38.6 Å². The molecule has 0 spiro atoms. The first-order valence-electron chi connectivity index (χ1n) is 7.70. The maximum Gasteiger partial charge on any atom is 0.144 e. The smallest absolute Gasteiger partial charge is 0.144 e. The number of hydrogen-bond donors (Lipinski definition) is 1. The molecule has 1 heterocycles. The minimum absolute atomic E-state index is 0.649. The van der Waals surface area contributed by atoms with Crippen molar-refractivity contribution in [3.05, 3.63) is 18.2 Å². The molecule has 1 fully saturated rings. The van der Waals surface area contributed by atoms with Gasteiger partial charge in [0.15, 0.2) is 0 Å². The lowest BCUT2D eigenvalue weighted by Gasteiger charge is -2.26. The quantitative estimate of drug-likeness (QED) is 0.812. The summed E-state index contributed by atoms with van der Waals surface area (Å²) in [5.74, 6) is 0.802. The number of anilines is 2. The predicted octanol–water partition coefficient (Wildman–Crippen LogP) is 2.59. The summed E-state index contributed by atoms with van der Waals surface area (Å²) in [7, 11) is 0. The summed E-state index contributed by atoms with van der Waals surface area (Å²) in [4.78, 5) is 4.98. The molecule has 0 aliphatic carbocycles. The first kappa shape index (κ1) is 15.0. The Bertz CT molecular complexity index is 432. The molecule has 4 heteroatoms. The molecule has 1 unspecified atom stereocenters. The molecule has 0 aromatic heterocycles. The van der Waals surface area contributed by atoms with E-state index in [9.17, 15) is 0 Å². The monoisotopic (exact) mass is 277 g/mol. The first-order valence-corrected chi connectivity index (χ1v) is 7.70. The minimum atomic E-state index is 0.649. The summed E-state index contributed by atoms with van der Waals surface area (Å²) >= 11 is 0. The molecule has 1 aromatic carbocycles. The van der Waals surface area contributed by atoms with Crippen molar-refractivity contribution < 1.29 is 4.74 Å². The summed E-state index contributed by atoms with van der Waals surface area (Å²) in [6.45, 7) is 11.6. The molecule has 1 saturated heterocycles. The van der Waals surface area contributed by atoms with Crippen LogP contribution in [0.15, 0.2) is 18.2 Å². The second-order valence-electron chi connectivity index (χ2n) is 5.26. The Labute approximate surface area is 122 Å². The van der Waals surface area contributed by atoms with Gasteiger partial charge in [-0.15, -0.1) is 0 Å². The van der Waals surface area contributed by atoms with E-state index in [4.69, 9.17) is 10.5 Å². The second kappa shape index (κ2) is 6.84. The van der Waals surface area contributed by atoms with Crippen LogP contribution in [-0.4, -0.2) is 43.7 Å². The van der Waals surface area contributed by atoms with Crippen molar-refractivity contribution in [3.8, 4) is 5.75 Å². The third-order valence-corrected chi connectivity index (χ3v) is 4.15. The van der Waals surface area contributed by atoms with Gasteiger partial charge in [0.05, 0.1) is 12.3 Å². The summed E-state index contributed by atoms with van der Waals surface area (Å²) in [5.41, 5.74) is 7.88. The van der Waals surface area contributed by atoms with E-state index in [1.807, 2.05) is 13.0 Å². The summed E-state index contributed by atoms with van der Waals surface area (Å²) in [6.07, 6.45) is 1.23. The standard InChI is InChI=1S/C16H27N3O/c1-4-18(5-2)14-9-10-19(12-14)13-7-8-15(17)16(11-13)20-6-3/h7-8,11,14H,4-6,9-10,12,17H2,1-3H3. The topological polar surface area (TPSA) is 41.7 Å². The van der Waals surface area contributed by atoms with Crippen molar-refractivity contribution >= 4 is 11.4 Å². The zero-order valence-corrected chi connectivity index (χ0v) is 12.9. The Hall–Kier alpha value is -1.42. The van der Waals surface area contributed by atoms with Gasteiger partial charge >= 0.3 is 0 Å². The molecular weight excluding hydrogens is 250 g/mol. The molecule has 0 bridgehead atoms. The molecule has 20 heavy (non-hydrogen) atoms. The number of nitrogens with zero attached hydrogens (tertiary/aromatic N) is 2. The molecular formula is C16H27N3O. The Morgan fingerprint density at radius 2 is 2.05 bits per heavy atom. The Balaban J connectivity index is 2.08. The fourth-order valence-corrected chi connectivity index (χ4v) is 3.01. The van der Waals surface area contributed by atoms with Crippen molar-refractivity contribution in [3.63, 3.8) is 0 Å². The van der Waals surface area contributed by atoms with E-state index >= 15 is 0 Å². The van der Waals surface area contributed by atoms with Crippen molar-refractivity contribution in [2.75, 3.05) is 43.4 Å². The van der Waals surface area contributed by atoms with E-state index in [1.165, 1.54) is 12.1 Å². The lowest BCUT2D eigenvalue weighted by atomic mass is 10.2. The van der Waals surface area contributed by atoms with Crippen LogP contribution < -0.4 is 15.4 Å². The van der Waals surface area contributed by atoms with Crippen LogP contribution in [0.2, 0.25) is 0 Å². The van der Waals surface area contributed by atoms with Gasteiger partial charge in [-0.1, -0.05) is 13.8 Å². The molecule has 0 amide bonds. The second-order valence-corrected chi connectivity index (χ2v) is 5.26. The molecule has 2 rings (SSSR count). The van der Waals surface area contributed by atoms with Crippen molar-refractivity contribution in [1.29, 1.82) is 0 Å². The average Bonchev–Trinajstić information content (AvgIpc) is 2.93. The summed E-state index contributed by atoms with van der Waals surface area (Å²) < 4.78 is 5.59. The zero-order valence-electron chi connectivity index (χ0n) is 12.9. The minimum Gasteiger partial charge on any atom is -0.492 e. The predicted molar refractivity (Wildman–Crippen MR) is 85.6 cm³/mol. The normalized spacial score (nSPS) is 18.8. The van der Waals surface area contributed by atoms with Crippen LogP contribution in [0.3, 0.4) is 0 Å². The van der Waals surface area contributed by atoms with E-state index in [0.717, 1.165) is 37.6 Å². The van der Waals surface area contributed by atoms with Gasteiger partial charge in [0, 0.05) is 30.9 Å². The highest BCUT2D eigenvalue weighted by molar-refractivity contribution is 5.62. The van der Waals surface area contributed by atoms with Crippen molar-refractivity contribution in [2.24, 2.45) is 0 Å². The van der Waals surface area contributed by atoms with E-state index < -0.39 is 0 Å². The third kappa shape index (κ3) is 3.18. The Kier molecular flexibility index (Phi) is 5.12. The third-order valence-electron chi connectivity index (χ3n) is 4.15. The van der Waals surface area contributed by atoms with Gasteiger partial charge in [-0.25, -0.2) is 0 Å². The number of rotatable bonds is 6. The van der Waals surface area contributed by atoms with Crippen LogP contribution in [0.1, 0.15) is 27.2 Å². The molecule has 1 aromatic rings. The van der Waals surface area contributed by atoms with Gasteiger partial charge in [0.25, 0.3) is 0 Å². The highest BCUT2D eigenvalue weighted by Crippen LogP contribution is 2.30. The van der Waals surface area contributed by atoms with Gasteiger partial charge in [-0.3, -0.25) is 4.90 Å². The first-order chi connectivity index (χ1) is 9.69. The number of ether oxygens (including phenoxy) is 1. The molecule has 0 radical (unpaired) electrons. The lowest BCUT2D eigenvalue weighted by molar-refractivity contribution is 0.232. The SMILES string of the molecule is CCOc1cc(N2CCC(N(CC)CC)C2)ccc1N. The molecule has 2 N–H and O–H groups in total. The highest BCUT2D eigenvalue weighted by Gasteiger charge is 2.26. The van der Waals surface area contributed by atoms with E-state index in [0.29, 0.717) is 12.6 Å². The van der Waals surface area contributed by atoms with Crippen LogP contribution in [-0.2, 0) is 0 Å². The lowest BCUT2D eigenvalue weighted by Crippen LogP contribution is -2.37. The fourth-order valence-electron chi connectivity index (χ4n) is 3.01. The number of hydrogen-bond acceptors (Lipinski definition) is 4. The summed E-state index contributed by atoms with van der Waals surface area (Å²) in [6, 6.07) is 6.79. The largest absolute Gasteiger partial charge is 0.492 e. The summed E-state index contributed by atoms with van der Waals surface area (Å²) in [5, 5.41) is 0. The molecule has 0 saturated carbocycles. The molecule has 1 aliphatic heterocycles. The van der Waals surface area contributed by atoms with E-state index in [1.54, 1.807) is 0 Å². The molecule has 4 nitrogen and oxygen atoms in total. The maximum atomic E-state index is 5.94. The van der Waals surface area contributed by atoms with Crippen LogP contribution >= 0.6 is 0 Å². The highest BCUT2D eigenvalue weighted by atomic mass is 16.5. The van der Waals surface area contributed by atoms with Crippen LogP contribution in [0, 0.1) is 0 Å². The zero-order chi connectivity index (χ0) is 14.5. The number of likely N-dealkylation sites (N-methyl/N-ethyl adjacent to an activating group) is 1. The Morgan fingerprint density at radius 3 is 2.70 bits per heavy atom. The van der Waals surface area contributed by atoms with Gasteiger partial charge in [0.2, 0.25) is 0 Å². The average molecular weight is 277 g/mol. The van der Waals surface area contributed by atoms with Crippen molar-refractivity contribution in [2.45, 2.75) is 33.2 Å². The van der Waals surface area contributed by atoms with Crippen LogP contribution in [0.25, 0.3) is 0 Å². The Morgan fingerprint density at radius 1 is 1.30 bits per heavy atom. The van der Waals surface area contributed by atoms with Gasteiger partial charge < -0.3 is 15.4 Å². The number of benzene rings is 1. The maximum absolute atomic E-state index is 5.94. The molecule has 1 aliphatic rings. The van der Waals surface area contributed by atoms with Gasteiger partial charge in [-0.2, -0.15) is 0 Å². The van der Waals surface area contributed by atoms with Gasteiger partial charge in [0.1, 0.15) is 5.75 Å². The molecule has 112 valence electrons. The van der Waals surface area contributed by atoms with Crippen molar-refractivity contribution in [1.82, 2.24) is 4.90 Å². The fraction of sp³-hybridized carbons (Fsp3) is 0.625. The van der Waals surface area contributed by atoms with E-state index in [2.05, 4.69) is 35.8 Å². The molecule has 1 atom stereocenters. The number of nitrogens with two attached hydrogens (primary N) is 1. The van der Waals surface area contributed by atoms with Crippen LogP contribution in [0.5, 0.6) is 5.75 Å². The van der Waals surface area contributed by atoms with E-state index in [-0.39, 0.29) is 0 Å². The van der Waals surface area contributed by atoms with Crippen LogP contribution in [0.4, 0.5) is 11.4 Å². The number of nitrogen functional groups attached to an aromatic ring is 1.